The molecule has 9 heteroatoms. The van der Waals surface area contributed by atoms with Gasteiger partial charge in [0.05, 0.1) is 14.2 Å². The smallest absolute Gasteiger partial charge is 0.260 e. The number of likely N-dealkylation sites (tertiary alicyclic amines) is 1. The summed E-state index contributed by atoms with van der Waals surface area (Å²) in [5.74, 6) is 2.18. The first-order valence-corrected chi connectivity index (χ1v) is 9.97. The Labute approximate surface area is 169 Å². The van der Waals surface area contributed by atoms with E-state index >= 15 is 0 Å². The van der Waals surface area contributed by atoms with Crippen LogP contribution in [0, 0.1) is 5.92 Å². The molecule has 0 spiro atoms. The zero-order chi connectivity index (χ0) is 20.4. The van der Waals surface area contributed by atoms with Gasteiger partial charge in [0, 0.05) is 24.7 Å². The largest absolute Gasteiger partial charge is 0.493 e. The summed E-state index contributed by atoms with van der Waals surface area (Å²) >= 11 is 0. The second-order valence-corrected chi connectivity index (χ2v) is 7.71. The lowest BCUT2D eigenvalue weighted by Gasteiger charge is -2.40. The summed E-state index contributed by atoms with van der Waals surface area (Å²) in [6, 6.07) is 4.92. The molecule has 3 heterocycles. The van der Waals surface area contributed by atoms with Gasteiger partial charge in [-0.1, -0.05) is 12.1 Å². The molecule has 1 aromatic heterocycles. The summed E-state index contributed by atoms with van der Waals surface area (Å²) in [7, 11) is 3.28. The van der Waals surface area contributed by atoms with Gasteiger partial charge in [-0.3, -0.25) is 4.90 Å². The van der Waals surface area contributed by atoms with Crippen LogP contribution in [0.1, 0.15) is 30.9 Å². The van der Waals surface area contributed by atoms with Crippen LogP contribution in [0.3, 0.4) is 0 Å². The second kappa shape index (κ2) is 8.52. The van der Waals surface area contributed by atoms with E-state index in [1.54, 1.807) is 14.2 Å². The van der Waals surface area contributed by atoms with Gasteiger partial charge >= 0.3 is 0 Å². The van der Waals surface area contributed by atoms with Crippen LogP contribution in [0.4, 0.5) is 14.7 Å². The lowest BCUT2D eigenvalue weighted by atomic mass is 9.86. The molecule has 0 bridgehead atoms. The monoisotopic (exact) mass is 407 g/mol. The molecular formula is C20H27F2N5O2. The highest BCUT2D eigenvalue weighted by Crippen LogP contribution is 2.36. The van der Waals surface area contributed by atoms with Crippen molar-refractivity contribution < 1.29 is 18.3 Å². The van der Waals surface area contributed by atoms with Crippen LogP contribution in [0.25, 0.3) is 0 Å². The maximum absolute atomic E-state index is 13.6. The van der Waals surface area contributed by atoms with Gasteiger partial charge in [0.2, 0.25) is 5.95 Å². The molecule has 7 nitrogen and oxygen atoms in total. The zero-order valence-electron chi connectivity index (χ0n) is 16.7. The molecule has 0 saturated carbocycles. The number of hydrogen-bond acceptors (Lipinski definition) is 6. The van der Waals surface area contributed by atoms with E-state index in [9.17, 15) is 8.78 Å². The summed E-state index contributed by atoms with van der Waals surface area (Å²) in [6.07, 6.45) is 1.27. The fourth-order valence-corrected chi connectivity index (χ4v) is 4.58. The van der Waals surface area contributed by atoms with E-state index in [1.807, 2.05) is 18.2 Å². The number of benzene rings is 1. The van der Waals surface area contributed by atoms with E-state index in [-0.39, 0.29) is 12.0 Å². The predicted octanol–water partition coefficient (Wildman–Crippen LogP) is 3.20. The molecule has 158 valence electrons. The Kier molecular flexibility index (Phi) is 5.84. The molecule has 0 amide bonds. The normalized spacial score (nSPS) is 24.8. The number of ether oxygens (including phenoxy) is 2. The molecule has 0 radical (unpaired) electrons. The predicted molar refractivity (Wildman–Crippen MR) is 105 cm³/mol. The summed E-state index contributed by atoms with van der Waals surface area (Å²) < 4.78 is 39.4. The zero-order valence-corrected chi connectivity index (χ0v) is 16.7. The number of fused-ring (bicyclic) bond motifs is 1. The third-order valence-electron chi connectivity index (χ3n) is 5.98. The van der Waals surface area contributed by atoms with Gasteiger partial charge in [-0.05, 0) is 37.8 Å². The van der Waals surface area contributed by atoms with Gasteiger partial charge in [0.25, 0.3) is 6.43 Å². The van der Waals surface area contributed by atoms with Crippen LogP contribution in [0.2, 0.25) is 0 Å². The van der Waals surface area contributed by atoms with Crippen LogP contribution in [-0.2, 0) is 6.54 Å². The molecule has 1 fully saturated rings. The first kappa shape index (κ1) is 19.9. The van der Waals surface area contributed by atoms with Crippen molar-refractivity contribution in [1.82, 2.24) is 19.7 Å². The van der Waals surface area contributed by atoms with Gasteiger partial charge < -0.3 is 14.8 Å². The molecule has 0 unspecified atom stereocenters. The van der Waals surface area contributed by atoms with Gasteiger partial charge in [-0.15, -0.1) is 0 Å². The minimum absolute atomic E-state index is 0.0410. The van der Waals surface area contributed by atoms with Crippen molar-refractivity contribution in [1.29, 1.82) is 0 Å². The first-order valence-electron chi connectivity index (χ1n) is 9.97. The third kappa shape index (κ3) is 4.01. The van der Waals surface area contributed by atoms with E-state index in [2.05, 4.69) is 20.3 Å². The van der Waals surface area contributed by atoms with Crippen LogP contribution < -0.4 is 14.8 Å². The molecule has 2 aliphatic rings. The van der Waals surface area contributed by atoms with Crippen molar-refractivity contribution in [2.75, 3.05) is 32.6 Å². The molecular weight excluding hydrogens is 380 g/mol. The lowest BCUT2D eigenvalue weighted by molar-refractivity contribution is 0.0550. The number of alkyl halides is 2. The molecule has 29 heavy (non-hydrogen) atoms. The average molecular weight is 407 g/mol. The molecule has 2 aliphatic heterocycles. The number of rotatable bonds is 6. The Morgan fingerprint density at radius 3 is 2.90 bits per heavy atom. The molecule has 0 aliphatic carbocycles. The van der Waals surface area contributed by atoms with Gasteiger partial charge in [0.1, 0.15) is 12.4 Å². The van der Waals surface area contributed by atoms with E-state index in [0.29, 0.717) is 18.1 Å². The molecule has 3 atom stereocenters. The fourth-order valence-electron chi connectivity index (χ4n) is 4.58. The fraction of sp³-hybridized carbons (Fsp3) is 0.600. The molecule has 1 N–H and O–H groups in total. The van der Waals surface area contributed by atoms with E-state index in [1.165, 1.54) is 11.0 Å². The van der Waals surface area contributed by atoms with E-state index in [0.717, 1.165) is 43.8 Å². The molecule has 1 saturated heterocycles. The summed E-state index contributed by atoms with van der Waals surface area (Å²) in [6.45, 7) is 2.54. The van der Waals surface area contributed by atoms with Crippen molar-refractivity contribution in [3.63, 3.8) is 0 Å². The van der Waals surface area contributed by atoms with Crippen LogP contribution in [0.15, 0.2) is 24.5 Å². The number of nitrogens with zero attached hydrogens (tertiary/aromatic N) is 4. The molecule has 4 rings (SSSR count). The summed E-state index contributed by atoms with van der Waals surface area (Å²) in [5, 5.41) is 7.31. The van der Waals surface area contributed by atoms with Crippen molar-refractivity contribution in [2.45, 2.75) is 44.3 Å². The van der Waals surface area contributed by atoms with Crippen LogP contribution in [-0.4, -0.2) is 59.4 Å². The Morgan fingerprint density at radius 1 is 1.28 bits per heavy atom. The number of methoxy groups -OCH3 is 2. The topological polar surface area (TPSA) is 64.4 Å². The second-order valence-electron chi connectivity index (χ2n) is 7.71. The van der Waals surface area contributed by atoms with Gasteiger partial charge in [-0.25, -0.2) is 13.5 Å². The number of hydrogen-bond donors (Lipinski definition) is 1. The number of piperidine rings is 1. The first-order chi connectivity index (χ1) is 14.1. The number of para-hydroxylation sites is 1. The highest BCUT2D eigenvalue weighted by Gasteiger charge is 2.38. The summed E-state index contributed by atoms with van der Waals surface area (Å²) in [5.41, 5.74) is 1.06. The molecule has 1 aromatic carbocycles. The van der Waals surface area contributed by atoms with E-state index < -0.39 is 12.5 Å². The standard InChI is InChI=1S/C20H27F2N5O2/c1-28-17-7-3-5-14(18(17)29-2)11-26-8-4-6-13(10-26)15-9-16(19(21)22)27-20(25-15)23-12-24-27/h3,5,7,12-13,15-16,19H,4,6,8-11H2,1-2H3,(H,23,24,25)/t13-,15+,16-/m1/s1. The van der Waals surface area contributed by atoms with Gasteiger partial charge in [0.15, 0.2) is 11.5 Å². The van der Waals surface area contributed by atoms with Crippen molar-refractivity contribution in [3.8, 4) is 11.5 Å². The number of nitrogens with one attached hydrogen (secondary N) is 1. The minimum atomic E-state index is -2.46. The van der Waals surface area contributed by atoms with Crippen molar-refractivity contribution >= 4 is 5.95 Å². The number of aromatic nitrogens is 3. The Morgan fingerprint density at radius 2 is 2.14 bits per heavy atom. The number of anilines is 1. The average Bonchev–Trinajstić information content (AvgIpc) is 3.21. The maximum Gasteiger partial charge on any atom is 0.260 e. The minimum Gasteiger partial charge on any atom is -0.493 e. The SMILES string of the molecule is COc1cccc(CN2CCC[C@@H]([C@@H]3C[C@H](C(F)F)n4ncnc4N3)C2)c1OC. The molecule has 2 aromatic rings. The van der Waals surface area contributed by atoms with Crippen LogP contribution in [0.5, 0.6) is 11.5 Å². The Hall–Kier alpha value is -2.42. The number of halogens is 2. The lowest BCUT2D eigenvalue weighted by Crippen LogP contribution is -2.46. The Balaban J connectivity index is 1.47. The highest BCUT2D eigenvalue weighted by atomic mass is 19.3. The van der Waals surface area contributed by atoms with Gasteiger partial charge in [-0.2, -0.15) is 10.1 Å². The van der Waals surface area contributed by atoms with E-state index in [4.69, 9.17) is 9.47 Å². The van der Waals surface area contributed by atoms with Crippen molar-refractivity contribution in [3.05, 3.63) is 30.1 Å². The quantitative estimate of drug-likeness (QED) is 0.794. The van der Waals surface area contributed by atoms with Crippen LogP contribution >= 0.6 is 0 Å². The summed E-state index contributed by atoms with van der Waals surface area (Å²) in [4.78, 5) is 6.49. The van der Waals surface area contributed by atoms with Crippen molar-refractivity contribution in [2.24, 2.45) is 5.92 Å². The maximum atomic E-state index is 13.6. The third-order valence-corrected chi connectivity index (χ3v) is 5.98. The Bertz CT molecular complexity index is 831. The highest BCUT2D eigenvalue weighted by molar-refractivity contribution is 5.46.